The van der Waals surface area contributed by atoms with Crippen LogP contribution in [0.5, 0.6) is 0 Å². The minimum Gasteiger partial charge on any atom is -0.478 e. The van der Waals surface area contributed by atoms with Crippen LogP contribution in [0.25, 0.3) is 0 Å². The molecule has 206 valence electrons. The topological polar surface area (TPSA) is 190 Å². The number of ether oxygens (including phenoxy) is 1. The third-order valence-corrected chi connectivity index (χ3v) is 7.20. The molecule has 1 fully saturated rings. The fourth-order valence-corrected chi connectivity index (χ4v) is 5.32. The van der Waals surface area contributed by atoms with E-state index in [1.165, 1.54) is 28.8 Å². The Bertz CT molecular complexity index is 1350. The number of nitrogens with zero attached hydrogens (tertiary/aromatic N) is 5. The largest absolute Gasteiger partial charge is 0.478 e. The highest BCUT2D eigenvalue weighted by Gasteiger charge is 2.50. The van der Waals surface area contributed by atoms with Crippen LogP contribution in [0.2, 0.25) is 0 Å². The van der Waals surface area contributed by atoms with Crippen LogP contribution in [-0.2, 0) is 30.5 Å². The lowest BCUT2D eigenvalue weighted by atomic mass is 10.1. The summed E-state index contributed by atoms with van der Waals surface area (Å²) in [5.74, 6) is -2.28. The molecular formula is C23H26N7O7S2+. The maximum Gasteiger partial charge on any atom is 0.347 e. The Hall–Kier alpha value is -4.05. The van der Waals surface area contributed by atoms with Crippen LogP contribution in [0.1, 0.15) is 37.0 Å². The van der Waals surface area contributed by atoms with Crippen molar-refractivity contribution < 1.29 is 38.4 Å². The summed E-state index contributed by atoms with van der Waals surface area (Å²) in [6.45, 7) is 5.03. The maximum atomic E-state index is 13.1. The van der Waals surface area contributed by atoms with E-state index in [0.29, 0.717) is 12.3 Å². The van der Waals surface area contributed by atoms with Crippen LogP contribution >= 0.6 is 23.3 Å². The Kier molecular flexibility index (Phi) is 8.15. The lowest BCUT2D eigenvalue weighted by Gasteiger charge is -2.47. The van der Waals surface area contributed by atoms with Gasteiger partial charge in [-0.05, 0) is 20.8 Å². The SMILES string of the molecule is CC(C)(C)OC(=O)CON=C(C(=O)NC1C(=O)N2C=C(C[n+]3ccc(C(=O)O)cc3)CS[C@@H]12)c1nsc(N)n1. The molecule has 16 heteroatoms. The summed E-state index contributed by atoms with van der Waals surface area (Å²) in [5.41, 5.74) is 5.72. The van der Waals surface area contributed by atoms with Gasteiger partial charge in [0.25, 0.3) is 11.8 Å². The number of rotatable bonds is 9. The molecule has 0 saturated carbocycles. The summed E-state index contributed by atoms with van der Waals surface area (Å²) in [5, 5.41) is 15.2. The number of aromatic carboxylic acids is 1. The van der Waals surface area contributed by atoms with Gasteiger partial charge < -0.3 is 30.6 Å². The number of thioether (sulfide) groups is 1. The highest BCUT2D eigenvalue weighted by Crippen LogP contribution is 2.36. The highest BCUT2D eigenvalue weighted by molar-refractivity contribution is 8.00. The number of nitrogens with one attached hydrogen (secondary N) is 1. The molecule has 2 atom stereocenters. The zero-order chi connectivity index (χ0) is 28.3. The van der Waals surface area contributed by atoms with Crippen molar-refractivity contribution in [3.05, 3.63) is 47.7 Å². The number of pyridine rings is 1. The number of hydrogen-bond acceptors (Lipinski definition) is 12. The molecule has 2 aliphatic rings. The number of esters is 1. The number of carboxylic acid groups (broad SMARTS) is 1. The van der Waals surface area contributed by atoms with E-state index in [4.69, 9.17) is 20.4 Å². The van der Waals surface area contributed by atoms with Crippen molar-refractivity contribution in [1.29, 1.82) is 0 Å². The number of nitrogens with two attached hydrogens (primary N) is 1. The standard InChI is InChI=1S/C23H25N7O7S2/c1-23(2,3)37-14(31)10-36-27-15(17-26-22(24)39-28-17)18(32)25-16-19(33)30-9-12(11-38-20(16)30)8-29-6-4-13(5-7-29)21(34)35/h4-7,9,16,20H,8,10-11H2,1-3H3,(H3-,24,25,26,28,32,34,35)/p+1/t16?,20-/m0/s1. The maximum absolute atomic E-state index is 13.1. The number of anilines is 1. The molecule has 1 saturated heterocycles. The molecule has 4 N–H and O–H groups in total. The Balaban J connectivity index is 1.39. The molecule has 2 aromatic rings. The predicted molar refractivity (Wildman–Crippen MR) is 139 cm³/mol. The molecule has 14 nitrogen and oxygen atoms in total. The smallest absolute Gasteiger partial charge is 0.347 e. The van der Waals surface area contributed by atoms with Gasteiger partial charge in [-0.3, -0.25) is 9.59 Å². The summed E-state index contributed by atoms with van der Waals surface area (Å²) < 4.78 is 10.9. The number of amides is 2. The van der Waals surface area contributed by atoms with E-state index in [1.807, 2.05) is 4.57 Å². The minimum absolute atomic E-state index is 0.0968. The first-order chi connectivity index (χ1) is 18.4. The monoisotopic (exact) mass is 576 g/mol. The Morgan fingerprint density at radius 2 is 2.03 bits per heavy atom. The third kappa shape index (κ3) is 6.88. The molecule has 2 amide bonds. The summed E-state index contributed by atoms with van der Waals surface area (Å²) in [6.07, 6.45) is 5.06. The van der Waals surface area contributed by atoms with Crippen LogP contribution in [0.15, 0.2) is 41.5 Å². The first kappa shape index (κ1) is 28.0. The van der Waals surface area contributed by atoms with E-state index < -0.39 is 36.1 Å². The van der Waals surface area contributed by atoms with Crippen molar-refractivity contribution in [2.24, 2.45) is 5.16 Å². The van der Waals surface area contributed by atoms with Gasteiger partial charge >= 0.3 is 11.9 Å². The van der Waals surface area contributed by atoms with E-state index in [0.717, 1.165) is 17.1 Å². The van der Waals surface area contributed by atoms with E-state index in [2.05, 4.69) is 19.8 Å². The van der Waals surface area contributed by atoms with Crippen LogP contribution in [0.3, 0.4) is 0 Å². The molecule has 1 unspecified atom stereocenters. The molecule has 39 heavy (non-hydrogen) atoms. The van der Waals surface area contributed by atoms with Gasteiger partial charge in [0.15, 0.2) is 24.1 Å². The third-order valence-electron chi connectivity index (χ3n) is 5.28. The first-order valence-electron chi connectivity index (χ1n) is 11.6. The molecule has 2 aliphatic heterocycles. The Labute approximate surface area is 231 Å². The summed E-state index contributed by atoms with van der Waals surface area (Å²) >= 11 is 2.32. The zero-order valence-corrected chi connectivity index (χ0v) is 22.8. The van der Waals surface area contributed by atoms with Gasteiger partial charge in [-0.25, -0.2) is 14.2 Å². The van der Waals surface area contributed by atoms with Crippen molar-refractivity contribution in [3.8, 4) is 0 Å². The molecular weight excluding hydrogens is 550 g/mol. The van der Waals surface area contributed by atoms with Crippen LogP contribution in [-0.4, -0.2) is 78.2 Å². The molecule has 0 spiro atoms. The van der Waals surface area contributed by atoms with Crippen molar-refractivity contribution in [2.45, 2.75) is 44.3 Å². The first-order valence-corrected chi connectivity index (χ1v) is 13.4. The molecule has 0 aromatic carbocycles. The predicted octanol–water partition coefficient (Wildman–Crippen LogP) is 0.152. The number of nitrogen functional groups attached to an aromatic ring is 1. The molecule has 0 radical (unpaired) electrons. The van der Waals surface area contributed by atoms with Crippen LogP contribution < -0.4 is 15.6 Å². The van der Waals surface area contributed by atoms with Gasteiger partial charge in [-0.1, -0.05) is 5.16 Å². The fourth-order valence-electron chi connectivity index (χ4n) is 3.63. The van der Waals surface area contributed by atoms with E-state index in [9.17, 15) is 19.2 Å². The van der Waals surface area contributed by atoms with Crippen molar-refractivity contribution in [3.63, 3.8) is 0 Å². The van der Waals surface area contributed by atoms with Crippen molar-refractivity contribution >= 4 is 57.9 Å². The van der Waals surface area contributed by atoms with Gasteiger partial charge in [0.2, 0.25) is 18.1 Å². The van der Waals surface area contributed by atoms with Crippen molar-refractivity contribution in [2.75, 3.05) is 18.1 Å². The van der Waals surface area contributed by atoms with Gasteiger partial charge in [0, 0.05) is 41.2 Å². The highest BCUT2D eigenvalue weighted by atomic mass is 32.2. The molecule has 4 rings (SSSR count). The van der Waals surface area contributed by atoms with Crippen LogP contribution in [0, 0.1) is 0 Å². The van der Waals surface area contributed by atoms with Crippen molar-refractivity contribution in [1.82, 2.24) is 19.6 Å². The van der Waals surface area contributed by atoms with E-state index >= 15 is 0 Å². The quantitative estimate of drug-likeness (QED) is 0.121. The number of hydrogen-bond donors (Lipinski definition) is 3. The second-order valence-corrected chi connectivity index (χ2v) is 11.4. The normalized spacial score (nSPS) is 18.9. The number of β-lactam (4-membered cyclic amide) rings is 1. The second kappa shape index (κ2) is 11.4. The molecule has 0 bridgehead atoms. The molecule has 0 aliphatic carbocycles. The van der Waals surface area contributed by atoms with Gasteiger partial charge in [0.1, 0.15) is 17.0 Å². The lowest BCUT2D eigenvalue weighted by molar-refractivity contribution is -0.689. The summed E-state index contributed by atoms with van der Waals surface area (Å²) in [6, 6.07) is 2.18. The summed E-state index contributed by atoms with van der Waals surface area (Å²) in [7, 11) is 0. The zero-order valence-electron chi connectivity index (χ0n) is 21.2. The summed E-state index contributed by atoms with van der Waals surface area (Å²) in [4.78, 5) is 59.4. The average molecular weight is 577 g/mol. The van der Waals surface area contributed by atoms with E-state index in [1.54, 1.807) is 39.4 Å². The van der Waals surface area contributed by atoms with Gasteiger partial charge in [-0.15, -0.1) is 11.8 Å². The number of oxime groups is 1. The molecule has 4 heterocycles. The number of aromatic nitrogens is 3. The Morgan fingerprint density at radius 1 is 1.31 bits per heavy atom. The fraction of sp³-hybridized carbons (Fsp3) is 0.391. The average Bonchev–Trinajstić information content (AvgIpc) is 3.30. The van der Waals surface area contributed by atoms with E-state index in [-0.39, 0.29) is 33.5 Å². The van der Waals surface area contributed by atoms with Gasteiger partial charge in [0.05, 0.1) is 5.56 Å². The van der Waals surface area contributed by atoms with Crippen LogP contribution in [0.4, 0.5) is 5.13 Å². The van der Waals surface area contributed by atoms with Gasteiger partial charge in [-0.2, -0.15) is 9.36 Å². The second-order valence-electron chi connectivity index (χ2n) is 9.51. The molecule has 2 aromatic heterocycles. The number of fused-ring (bicyclic) bond motifs is 1. The minimum atomic E-state index is -1.01. The number of carbonyl (C=O) groups excluding carboxylic acids is 3. The lowest BCUT2D eigenvalue weighted by Crippen LogP contribution is -2.69. The number of carbonyl (C=O) groups is 4. The number of carboxylic acids is 1. The Morgan fingerprint density at radius 3 is 2.64 bits per heavy atom.